The Hall–Kier alpha value is -3.24. The fraction of sp³-hybridized carbons (Fsp3) is 0.467. The van der Waals surface area contributed by atoms with E-state index in [1.165, 1.54) is 0 Å². The molecule has 0 unspecified atom stereocenters. The van der Waals surface area contributed by atoms with Crippen molar-refractivity contribution in [1.82, 2.24) is 9.88 Å². The molecule has 2 aromatic carbocycles. The van der Waals surface area contributed by atoms with E-state index in [-0.39, 0.29) is 17.5 Å². The monoisotopic (exact) mass is 560 g/mol. The molecule has 1 aromatic heterocycles. The number of hydrogen-bond donors (Lipinski definition) is 2. The van der Waals surface area contributed by atoms with Crippen molar-refractivity contribution in [3.05, 3.63) is 71.2 Å². The number of aliphatic hydroxyl groups is 1. The number of carboxylic acid groups (broad SMARTS) is 1. The van der Waals surface area contributed by atoms with E-state index < -0.39 is 41.5 Å². The van der Waals surface area contributed by atoms with Gasteiger partial charge < -0.3 is 14.9 Å². The Morgan fingerprint density at radius 3 is 2.65 bits per heavy atom. The van der Waals surface area contributed by atoms with Gasteiger partial charge in [0.1, 0.15) is 11.6 Å². The Morgan fingerprint density at radius 2 is 1.95 bits per heavy atom. The van der Waals surface area contributed by atoms with Gasteiger partial charge in [0.2, 0.25) is 0 Å². The molecular weight excluding hydrogens is 528 g/mol. The summed E-state index contributed by atoms with van der Waals surface area (Å²) >= 11 is 0. The van der Waals surface area contributed by atoms with E-state index >= 15 is 0 Å². The molecule has 1 saturated carbocycles. The molecule has 1 aliphatic carbocycles. The summed E-state index contributed by atoms with van der Waals surface area (Å²) in [6.45, 7) is 0.935. The Kier molecular flexibility index (Phi) is 8.01. The van der Waals surface area contributed by atoms with Crippen LogP contribution in [0.1, 0.15) is 60.8 Å². The fourth-order valence-electron chi connectivity index (χ4n) is 6.34. The number of carboxylic acids is 1. The lowest BCUT2D eigenvalue weighted by Crippen LogP contribution is -2.52. The van der Waals surface area contributed by atoms with Crippen LogP contribution in [0.4, 0.5) is 17.6 Å². The quantitative estimate of drug-likeness (QED) is 0.320. The molecule has 0 spiro atoms. The fourth-order valence-corrected chi connectivity index (χ4v) is 6.34. The van der Waals surface area contributed by atoms with Crippen molar-refractivity contribution in [3.8, 4) is 5.75 Å². The average Bonchev–Trinajstić information content (AvgIpc) is 2.89. The number of halogens is 4. The summed E-state index contributed by atoms with van der Waals surface area (Å²) in [4.78, 5) is 18.6. The van der Waals surface area contributed by atoms with Gasteiger partial charge in [-0.3, -0.25) is 14.7 Å². The minimum absolute atomic E-state index is 0.0244. The van der Waals surface area contributed by atoms with Crippen LogP contribution in [-0.4, -0.2) is 52.3 Å². The minimum atomic E-state index is -4.56. The number of rotatable bonds is 8. The molecule has 0 bridgehead atoms. The molecule has 0 radical (unpaired) electrons. The second kappa shape index (κ2) is 11.3. The highest BCUT2D eigenvalue weighted by Crippen LogP contribution is 2.46. The van der Waals surface area contributed by atoms with Crippen molar-refractivity contribution in [3.63, 3.8) is 0 Å². The highest BCUT2D eigenvalue weighted by Gasteiger charge is 2.44. The van der Waals surface area contributed by atoms with E-state index in [2.05, 4.69) is 9.88 Å². The maximum absolute atomic E-state index is 13.8. The number of piperidine rings is 1. The van der Waals surface area contributed by atoms with Gasteiger partial charge in [0, 0.05) is 24.2 Å². The second-order valence-electron chi connectivity index (χ2n) is 10.9. The van der Waals surface area contributed by atoms with Crippen LogP contribution < -0.4 is 4.74 Å². The predicted octanol–water partition coefficient (Wildman–Crippen LogP) is 6.18. The number of aliphatic carboxylic acids is 1. The van der Waals surface area contributed by atoms with Crippen LogP contribution in [0.25, 0.3) is 10.9 Å². The molecule has 1 aliphatic heterocycles. The summed E-state index contributed by atoms with van der Waals surface area (Å²) in [6.07, 6.45) is -1.34. The number of pyridine rings is 1. The largest absolute Gasteiger partial charge is 0.497 e. The highest BCUT2D eigenvalue weighted by molar-refractivity contribution is 5.83. The summed E-state index contributed by atoms with van der Waals surface area (Å²) < 4.78 is 59.5. The molecule has 2 aliphatic rings. The lowest BCUT2D eigenvalue weighted by molar-refractivity contribution is -0.147. The zero-order chi connectivity index (χ0) is 28.6. The van der Waals surface area contributed by atoms with Gasteiger partial charge in [-0.2, -0.15) is 13.2 Å². The maximum atomic E-state index is 13.8. The van der Waals surface area contributed by atoms with Gasteiger partial charge in [-0.1, -0.05) is 0 Å². The van der Waals surface area contributed by atoms with Crippen LogP contribution in [0.3, 0.4) is 0 Å². The van der Waals surface area contributed by atoms with Crippen molar-refractivity contribution < 1.29 is 37.3 Å². The Balaban J connectivity index is 1.21. The molecule has 3 aromatic rings. The SMILES string of the molecule is COc1ccc2nccc([C@@H](O)CC[C@@H]3CCN(C4CC(c5cc(F)ccc5C(F)(F)F)C4)C[C@@H]3C(=O)O)c2c1. The third-order valence-corrected chi connectivity index (χ3v) is 8.65. The molecule has 6 nitrogen and oxygen atoms in total. The number of alkyl halides is 3. The van der Waals surface area contributed by atoms with Crippen molar-refractivity contribution >= 4 is 16.9 Å². The summed E-state index contributed by atoms with van der Waals surface area (Å²) in [7, 11) is 1.57. The summed E-state index contributed by atoms with van der Waals surface area (Å²) in [5.41, 5.74) is 0.611. The first-order valence-electron chi connectivity index (χ1n) is 13.5. The molecule has 40 heavy (non-hydrogen) atoms. The number of benzene rings is 2. The van der Waals surface area contributed by atoms with Gasteiger partial charge in [-0.15, -0.1) is 0 Å². The first kappa shape index (κ1) is 28.3. The van der Waals surface area contributed by atoms with Gasteiger partial charge in [-0.25, -0.2) is 4.39 Å². The molecule has 2 N–H and O–H groups in total. The number of methoxy groups -OCH3 is 1. The van der Waals surface area contributed by atoms with Crippen molar-refractivity contribution in [2.75, 3.05) is 20.2 Å². The summed E-state index contributed by atoms with van der Waals surface area (Å²) in [5.74, 6) is -2.15. The number of carbonyl (C=O) groups is 1. The molecular formula is C30H32F4N2O4. The van der Waals surface area contributed by atoms with Crippen molar-refractivity contribution in [2.45, 2.75) is 56.3 Å². The summed E-state index contributed by atoms with van der Waals surface area (Å²) in [5, 5.41) is 21.8. The molecule has 1 saturated heterocycles. The number of fused-ring (bicyclic) bond motifs is 1. The van der Waals surface area contributed by atoms with Crippen molar-refractivity contribution in [2.24, 2.45) is 11.8 Å². The molecule has 214 valence electrons. The Bertz CT molecular complexity index is 1380. The van der Waals surface area contributed by atoms with Gasteiger partial charge in [0.15, 0.2) is 0 Å². The van der Waals surface area contributed by atoms with Crippen molar-refractivity contribution in [1.29, 1.82) is 0 Å². The zero-order valence-electron chi connectivity index (χ0n) is 22.1. The van der Waals surface area contributed by atoms with Crippen LogP contribution in [0.5, 0.6) is 5.75 Å². The van der Waals surface area contributed by atoms with E-state index in [9.17, 15) is 32.6 Å². The topological polar surface area (TPSA) is 82.9 Å². The lowest BCUT2D eigenvalue weighted by atomic mass is 9.72. The summed E-state index contributed by atoms with van der Waals surface area (Å²) in [6, 6.07) is 9.77. The Morgan fingerprint density at radius 1 is 1.18 bits per heavy atom. The number of aromatic nitrogens is 1. The third-order valence-electron chi connectivity index (χ3n) is 8.65. The lowest BCUT2D eigenvalue weighted by Gasteiger charge is -2.48. The van der Waals surface area contributed by atoms with E-state index in [4.69, 9.17) is 4.74 Å². The molecule has 10 heteroatoms. The first-order chi connectivity index (χ1) is 19.0. The number of hydrogen-bond acceptors (Lipinski definition) is 5. The molecule has 5 rings (SSSR count). The first-order valence-corrected chi connectivity index (χ1v) is 13.5. The number of ether oxygens (including phenoxy) is 1. The van der Waals surface area contributed by atoms with E-state index in [0.29, 0.717) is 56.5 Å². The standard InChI is InChI=1S/C30H32F4N2O4/c1-40-21-4-6-27-24(15-21)22(8-10-35-27)28(37)7-2-17-9-11-36(16-25(17)29(38)39)20-12-18(13-20)23-14-19(31)3-5-26(23)30(32,33)34/h3-6,8,10,14-15,17-18,20,25,28,37H,2,7,9,11-13,16H2,1H3,(H,38,39)/t17-,18?,20?,25+,28+/m1/s1. The molecule has 2 heterocycles. The van der Waals surface area contributed by atoms with Crippen LogP contribution >= 0.6 is 0 Å². The molecule has 3 atom stereocenters. The number of nitrogens with zero attached hydrogens (tertiary/aromatic N) is 2. The maximum Gasteiger partial charge on any atom is 0.416 e. The van der Waals surface area contributed by atoms with Crippen LogP contribution in [0.15, 0.2) is 48.7 Å². The van der Waals surface area contributed by atoms with E-state index in [1.54, 1.807) is 25.4 Å². The van der Waals surface area contributed by atoms with E-state index in [0.717, 1.165) is 29.1 Å². The van der Waals surface area contributed by atoms with Crippen LogP contribution in [0.2, 0.25) is 0 Å². The predicted molar refractivity (Wildman–Crippen MR) is 140 cm³/mol. The smallest absolute Gasteiger partial charge is 0.416 e. The molecule has 0 amide bonds. The van der Waals surface area contributed by atoms with Gasteiger partial charge in [-0.05, 0) is 104 Å². The van der Waals surface area contributed by atoms with Gasteiger partial charge >= 0.3 is 12.1 Å². The number of likely N-dealkylation sites (tertiary alicyclic amines) is 1. The normalized spacial score (nSPS) is 24.4. The van der Waals surface area contributed by atoms with Crippen LogP contribution in [0, 0.1) is 17.7 Å². The minimum Gasteiger partial charge on any atom is -0.497 e. The second-order valence-corrected chi connectivity index (χ2v) is 10.9. The van der Waals surface area contributed by atoms with E-state index in [1.807, 2.05) is 12.1 Å². The van der Waals surface area contributed by atoms with Gasteiger partial charge in [0.05, 0.1) is 30.2 Å². The zero-order valence-corrected chi connectivity index (χ0v) is 22.1. The highest BCUT2D eigenvalue weighted by atomic mass is 19.4. The average molecular weight is 561 g/mol. The Labute approximate surface area is 229 Å². The third kappa shape index (κ3) is 5.78. The van der Waals surface area contributed by atoms with Gasteiger partial charge in [0.25, 0.3) is 0 Å². The molecule has 2 fully saturated rings. The number of aliphatic hydroxyl groups excluding tert-OH is 1. The van der Waals surface area contributed by atoms with Crippen LogP contribution in [-0.2, 0) is 11.0 Å².